The van der Waals surface area contributed by atoms with Crippen LogP contribution < -0.4 is 4.74 Å². The summed E-state index contributed by atoms with van der Waals surface area (Å²) in [5.74, 6) is 1.55. The smallest absolute Gasteiger partial charge is 0.264 e. The highest BCUT2D eigenvalue weighted by atomic mass is 79.9. The first-order valence-electron chi connectivity index (χ1n) is 4.36. The molecule has 0 N–H and O–H groups in total. The third-order valence-corrected chi connectivity index (χ3v) is 3.71. The van der Waals surface area contributed by atoms with E-state index in [9.17, 15) is 12.8 Å². The minimum atomic E-state index is -4.12. The van der Waals surface area contributed by atoms with Gasteiger partial charge < -0.3 is 4.74 Å². The standard InChI is InChI=1S/C10H7BrClFO3S/c1-2-3-4-16-9-6-8(13)10(5-7(9)11)17(12,14)15/h1,5-6H,3-4H2. The van der Waals surface area contributed by atoms with Gasteiger partial charge in [-0.25, -0.2) is 12.8 Å². The Balaban J connectivity index is 3.07. The molecule has 1 aromatic rings. The van der Waals surface area contributed by atoms with Crippen LogP contribution in [0.3, 0.4) is 0 Å². The molecule has 0 heterocycles. The highest BCUT2D eigenvalue weighted by molar-refractivity contribution is 9.10. The molecule has 0 aliphatic rings. The summed E-state index contributed by atoms with van der Waals surface area (Å²) >= 11 is 3.06. The van der Waals surface area contributed by atoms with Crippen molar-refractivity contribution in [1.82, 2.24) is 0 Å². The van der Waals surface area contributed by atoms with Crippen LogP contribution in [0.5, 0.6) is 5.75 Å². The summed E-state index contributed by atoms with van der Waals surface area (Å²) < 4.78 is 40.9. The molecule has 0 radical (unpaired) electrons. The second-order valence-corrected chi connectivity index (χ2v) is 6.34. The van der Waals surface area contributed by atoms with Crippen molar-refractivity contribution in [3.05, 3.63) is 22.4 Å². The second kappa shape index (κ2) is 5.71. The average Bonchev–Trinajstić information content (AvgIpc) is 2.21. The third-order valence-electron chi connectivity index (χ3n) is 1.75. The van der Waals surface area contributed by atoms with Gasteiger partial charge in [-0.2, -0.15) is 0 Å². The van der Waals surface area contributed by atoms with E-state index in [-0.39, 0.29) is 16.8 Å². The summed E-state index contributed by atoms with van der Waals surface area (Å²) in [4.78, 5) is -0.602. The van der Waals surface area contributed by atoms with Crippen molar-refractivity contribution < 1.29 is 17.5 Å². The van der Waals surface area contributed by atoms with Gasteiger partial charge in [0.2, 0.25) is 0 Å². The zero-order valence-corrected chi connectivity index (χ0v) is 11.6. The lowest BCUT2D eigenvalue weighted by Crippen LogP contribution is -2.00. The molecule has 3 nitrogen and oxygen atoms in total. The lowest BCUT2D eigenvalue weighted by atomic mass is 10.3. The van der Waals surface area contributed by atoms with Gasteiger partial charge in [0.15, 0.2) is 0 Å². The van der Waals surface area contributed by atoms with E-state index in [1.165, 1.54) is 0 Å². The second-order valence-electron chi connectivity index (χ2n) is 2.95. The number of hydrogen-bond donors (Lipinski definition) is 0. The molecular formula is C10H7BrClFO3S. The largest absolute Gasteiger partial charge is 0.491 e. The molecule has 0 bridgehead atoms. The van der Waals surface area contributed by atoms with Gasteiger partial charge in [-0.1, -0.05) is 0 Å². The number of terminal acetylenes is 1. The maximum atomic E-state index is 13.4. The molecule has 1 rings (SSSR count). The number of hydrogen-bond acceptors (Lipinski definition) is 3. The van der Waals surface area contributed by atoms with Gasteiger partial charge in [0.05, 0.1) is 11.1 Å². The lowest BCUT2D eigenvalue weighted by Gasteiger charge is -2.08. The summed E-state index contributed by atoms with van der Waals surface area (Å²) in [6, 6.07) is 1.98. The van der Waals surface area contributed by atoms with Crippen LogP contribution in [0.25, 0.3) is 0 Å². The summed E-state index contributed by atoms with van der Waals surface area (Å²) in [5.41, 5.74) is 0. The molecule has 0 saturated heterocycles. The minimum Gasteiger partial charge on any atom is -0.491 e. The predicted octanol–water partition coefficient (Wildman–Crippen LogP) is 2.92. The lowest BCUT2D eigenvalue weighted by molar-refractivity contribution is 0.322. The first kappa shape index (κ1) is 14.3. The van der Waals surface area contributed by atoms with Crippen LogP contribution in [0.1, 0.15) is 6.42 Å². The van der Waals surface area contributed by atoms with Crippen molar-refractivity contribution in [2.24, 2.45) is 0 Å². The van der Waals surface area contributed by atoms with Crippen molar-refractivity contribution in [3.8, 4) is 18.1 Å². The molecule has 92 valence electrons. The zero-order chi connectivity index (χ0) is 13.1. The van der Waals surface area contributed by atoms with Gasteiger partial charge >= 0.3 is 0 Å². The number of ether oxygens (including phenoxy) is 1. The Hall–Kier alpha value is -0.770. The van der Waals surface area contributed by atoms with Crippen LogP contribution in [0, 0.1) is 18.2 Å². The summed E-state index contributed by atoms with van der Waals surface area (Å²) in [5, 5.41) is 0. The topological polar surface area (TPSA) is 43.4 Å². The van der Waals surface area contributed by atoms with Crippen LogP contribution in [-0.4, -0.2) is 15.0 Å². The molecule has 0 spiro atoms. The molecule has 7 heteroatoms. The highest BCUT2D eigenvalue weighted by Gasteiger charge is 2.19. The fourth-order valence-electron chi connectivity index (χ4n) is 1.03. The van der Waals surface area contributed by atoms with E-state index in [0.717, 1.165) is 12.1 Å². The highest BCUT2D eigenvalue weighted by Crippen LogP contribution is 2.31. The zero-order valence-electron chi connectivity index (χ0n) is 8.41. The molecule has 0 fully saturated rings. The molecule has 0 saturated carbocycles. The minimum absolute atomic E-state index is 0.168. The molecular weight excluding hydrogens is 335 g/mol. The van der Waals surface area contributed by atoms with Gasteiger partial charge in [-0.15, -0.1) is 12.3 Å². The van der Waals surface area contributed by atoms with Crippen molar-refractivity contribution in [1.29, 1.82) is 0 Å². The van der Waals surface area contributed by atoms with E-state index >= 15 is 0 Å². The Bertz CT molecular complexity index is 566. The maximum absolute atomic E-state index is 13.4. The van der Waals surface area contributed by atoms with Crippen molar-refractivity contribution >= 4 is 35.7 Å². The number of rotatable bonds is 4. The van der Waals surface area contributed by atoms with Crippen molar-refractivity contribution in [2.45, 2.75) is 11.3 Å². The molecule has 0 atom stereocenters. The first-order chi connectivity index (χ1) is 7.86. The Morgan fingerprint density at radius 3 is 2.71 bits per heavy atom. The fraction of sp³-hybridized carbons (Fsp3) is 0.200. The van der Waals surface area contributed by atoms with Gasteiger partial charge in [-0.05, 0) is 22.0 Å². The third kappa shape index (κ3) is 3.87. The summed E-state index contributed by atoms with van der Waals surface area (Å²) in [6.07, 6.45) is 5.39. The number of halogens is 3. The van der Waals surface area contributed by atoms with E-state index in [1.807, 2.05) is 0 Å². The van der Waals surface area contributed by atoms with E-state index in [1.54, 1.807) is 0 Å². The SMILES string of the molecule is C#CCCOc1cc(F)c(S(=O)(=O)Cl)cc1Br. The van der Waals surface area contributed by atoms with Crippen LogP contribution >= 0.6 is 26.6 Å². The van der Waals surface area contributed by atoms with Gasteiger partial charge in [-0.3, -0.25) is 0 Å². The van der Waals surface area contributed by atoms with E-state index < -0.39 is 19.8 Å². The van der Waals surface area contributed by atoms with Crippen molar-refractivity contribution in [3.63, 3.8) is 0 Å². The van der Waals surface area contributed by atoms with Crippen LogP contribution in [0.15, 0.2) is 21.5 Å². The van der Waals surface area contributed by atoms with Crippen molar-refractivity contribution in [2.75, 3.05) is 6.61 Å². The van der Waals surface area contributed by atoms with Crippen LogP contribution in [0.2, 0.25) is 0 Å². The normalized spacial score (nSPS) is 10.9. The predicted molar refractivity (Wildman–Crippen MR) is 66.1 cm³/mol. The van der Waals surface area contributed by atoms with E-state index in [0.29, 0.717) is 6.42 Å². The summed E-state index contributed by atoms with van der Waals surface area (Å²) in [7, 11) is 0.940. The average molecular weight is 342 g/mol. The van der Waals surface area contributed by atoms with Crippen LogP contribution in [-0.2, 0) is 9.05 Å². The van der Waals surface area contributed by atoms with Gasteiger partial charge in [0.25, 0.3) is 9.05 Å². The molecule has 0 aliphatic carbocycles. The Morgan fingerprint density at radius 2 is 2.18 bits per heavy atom. The summed E-state index contributed by atoms with van der Waals surface area (Å²) in [6.45, 7) is 0.210. The molecule has 17 heavy (non-hydrogen) atoms. The molecule has 0 amide bonds. The van der Waals surface area contributed by atoms with E-state index in [2.05, 4.69) is 21.9 Å². The van der Waals surface area contributed by atoms with E-state index in [4.69, 9.17) is 21.8 Å². The van der Waals surface area contributed by atoms with Crippen LogP contribution in [0.4, 0.5) is 4.39 Å². The van der Waals surface area contributed by atoms with Gasteiger partial charge in [0, 0.05) is 23.2 Å². The fourth-order valence-corrected chi connectivity index (χ4v) is 2.54. The maximum Gasteiger partial charge on any atom is 0.264 e. The first-order valence-corrected chi connectivity index (χ1v) is 7.46. The molecule has 0 aliphatic heterocycles. The molecule has 0 aromatic heterocycles. The Kier molecular flexibility index (Phi) is 4.80. The monoisotopic (exact) mass is 340 g/mol. The Labute approximate surface area is 111 Å². The molecule has 1 aromatic carbocycles. The quantitative estimate of drug-likeness (QED) is 0.480. The molecule has 0 unspecified atom stereocenters. The number of benzene rings is 1. The Morgan fingerprint density at radius 1 is 1.53 bits per heavy atom. The van der Waals surface area contributed by atoms with Gasteiger partial charge in [0.1, 0.15) is 16.5 Å².